The Bertz CT molecular complexity index is 506. The van der Waals surface area contributed by atoms with E-state index in [4.69, 9.17) is 16.3 Å². The Morgan fingerprint density at radius 3 is 2.74 bits per heavy atom. The number of fused-ring (bicyclic) bond motifs is 1. The number of carbonyl (C=O) groups excluding carboxylic acids is 1. The van der Waals surface area contributed by atoms with Gasteiger partial charge in [0, 0.05) is 11.1 Å². The third-order valence-electron chi connectivity index (χ3n) is 3.18. The molecule has 0 amide bonds. The molecule has 0 fully saturated rings. The molecule has 0 saturated heterocycles. The first kappa shape index (κ1) is 14.4. The van der Waals surface area contributed by atoms with Crippen LogP contribution in [0.4, 0.5) is 0 Å². The van der Waals surface area contributed by atoms with Crippen LogP contribution in [0.1, 0.15) is 55.2 Å². The number of carbonyl (C=O) groups is 1. The van der Waals surface area contributed by atoms with Gasteiger partial charge >= 0.3 is 5.97 Å². The second kappa shape index (κ2) is 5.14. The third-order valence-corrected chi connectivity index (χ3v) is 3.51. The summed E-state index contributed by atoms with van der Waals surface area (Å²) in [5.74, 6) is -0.269. The van der Waals surface area contributed by atoms with Crippen LogP contribution in [0.15, 0.2) is 12.1 Å². The minimum Gasteiger partial charge on any atom is -0.456 e. The summed E-state index contributed by atoms with van der Waals surface area (Å²) in [6, 6.07) is 3.72. The Kier molecular flexibility index (Phi) is 3.88. The van der Waals surface area contributed by atoms with Crippen molar-refractivity contribution < 1.29 is 9.53 Å². The lowest BCUT2D eigenvalue weighted by molar-refractivity contribution is 0.00680. The number of hydrogen-bond donors (Lipinski definition) is 1. The van der Waals surface area contributed by atoms with Crippen molar-refractivity contribution in [3.63, 3.8) is 0 Å². The molecule has 2 rings (SSSR count). The molecule has 0 aliphatic carbocycles. The average Bonchev–Trinajstić information content (AvgIpc) is 2.26. The minimum atomic E-state index is -0.484. The van der Waals surface area contributed by atoms with Crippen LogP contribution in [-0.2, 0) is 11.2 Å². The second-order valence-corrected chi connectivity index (χ2v) is 6.32. The fourth-order valence-corrected chi connectivity index (χ4v) is 2.75. The van der Waals surface area contributed by atoms with E-state index in [2.05, 4.69) is 12.2 Å². The lowest BCUT2D eigenvalue weighted by Gasteiger charge is -2.28. The molecule has 0 bridgehead atoms. The number of nitrogens with one attached hydrogen (secondary N) is 1. The first-order valence-corrected chi connectivity index (χ1v) is 6.95. The summed E-state index contributed by atoms with van der Waals surface area (Å²) in [5.41, 5.74) is 2.20. The van der Waals surface area contributed by atoms with Crippen LogP contribution in [0.25, 0.3) is 0 Å². The monoisotopic (exact) mass is 281 g/mol. The molecule has 1 aliphatic heterocycles. The Balaban J connectivity index is 2.43. The maximum Gasteiger partial charge on any atom is 0.338 e. The molecule has 19 heavy (non-hydrogen) atoms. The molecule has 1 aromatic rings. The van der Waals surface area contributed by atoms with Gasteiger partial charge in [0.1, 0.15) is 5.60 Å². The first-order chi connectivity index (χ1) is 8.79. The quantitative estimate of drug-likeness (QED) is 0.801. The second-order valence-electron chi connectivity index (χ2n) is 5.91. The molecule has 1 atom stereocenters. The van der Waals surface area contributed by atoms with E-state index in [-0.39, 0.29) is 12.0 Å². The first-order valence-electron chi connectivity index (χ1n) is 6.57. The van der Waals surface area contributed by atoms with Gasteiger partial charge in [-0.15, -0.1) is 0 Å². The molecule has 1 N–H and O–H groups in total. The zero-order valence-corrected chi connectivity index (χ0v) is 12.6. The molecule has 0 spiro atoms. The van der Waals surface area contributed by atoms with E-state index in [1.54, 1.807) is 12.1 Å². The average molecular weight is 282 g/mol. The summed E-state index contributed by atoms with van der Waals surface area (Å²) in [7, 11) is 0. The Hall–Kier alpha value is -1.06. The molecule has 0 saturated carbocycles. The Labute approximate surface area is 119 Å². The zero-order valence-electron chi connectivity index (χ0n) is 11.8. The molecule has 4 heteroatoms. The van der Waals surface area contributed by atoms with Crippen molar-refractivity contribution in [3.8, 4) is 0 Å². The molecule has 104 valence electrons. The van der Waals surface area contributed by atoms with Gasteiger partial charge < -0.3 is 10.1 Å². The van der Waals surface area contributed by atoms with Crippen LogP contribution in [0.3, 0.4) is 0 Å². The van der Waals surface area contributed by atoms with Gasteiger partial charge in [-0.3, -0.25) is 0 Å². The summed E-state index contributed by atoms with van der Waals surface area (Å²) in [4.78, 5) is 12.3. The van der Waals surface area contributed by atoms with Gasteiger partial charge in [0.05, 0.1) is 5.56 Å². The standard InChI is InChI=1S/C15H20ClNO2/c1-9-13-10(7-8-17-9)11(5-6-12(13)16)14(18)19-15(2,3)4/h5-6,9,17H,7-8H2,1-4H3. The highest BCUT2D eigenvalue weighted by molar-refractivity contribution is 6.31. The largest absolute Gasteiger partial charge is 0.456 e. The van der Waals surface area contributed by atoms with Crippen molar-refractivity contribution in [2.24, 2.45) is 0 Å². The number of rotatable bonds is 1. The molecule has 1 aliphatic rings. The van der Waals surface area contributed by atoms with Crippen molar-refractivity contribution in [2.45, 2.75) is 45.8 Å². The number of ether oxygens (including phenoxy) is 1. The molecule has 3 nitrogen and oxygen atoms in total. The van der Waals surface area contributed by atoms with E-state index in [1.165, 1.54) is 0 Å². The topological polar surface area (TPSA) is 38.3 Å². The predicted molar refractivity (Wildman–Crippen MR) is 76.7 cm³/mol. The fourth-order valence-electron chi connectivity index (χ4n) is 2.41. The van der Waals surface area contributed by atoms with Crippen LogP contribution in [-0.4, -0.2) is 18.1 Å². The highest BCUT2D eigenvalue weighted by Crippen LogP contribution is 2.32. The van der Waals surface area contributed by atoms with Gasteiger partial charge in [0.2, 0.25) is 0 Å². The zero-order chi connectivity index (χ0) is 14.2. The van der Waals surface area contributed by atoms with Gasteiger partial charge in [-0.1, -0.05) is 11.6 Å². The van der Waals surface area contributed by atoms with Gasteiger partial charge in [-0.2, -0.15) is 0 Å². The van der Waals surface area contributed by atoms with Crippen LogP contribution in [0.5, 0.6) is 0 Å². The van der Waals surface area contributed by atoms with E-state index in [9.17, 15) is 4.79 Å². The fraction of sp³-hybridized carbons (Fsp3) is 0.533. The van der Waals surface area contributed by atoms with E-state index < -0.39 is 5.60 Å². The molecule has 1 heterocycles. The number of benzene rings is 1. The van der Waals surface area contributed by atoms with Crippen LogP contribution < -0.4 is 5.32 Å². The molecule has 1 aromatic carbocycles. The molecular weight excluding hydrogens is 262 g/mol. The van der Waals surface area contributed by atoms with Crippen molar-refractivity contribution in [2.75, 3.05) is 6.54 Å². The van der Waals surface area contributed by atoms with Crippen LogP contribution in [0, 0.1) is 0 Å². The van der Waals surface area contributed by atoms with Crippen molar-refractivity contribution in [3.05, 3.63) is 33.8 Å². The van der Waals surface area contributed by atoms with E-state index in [0.717, 1.165) is 24.1 Å². The molecule has 0 radical (unpaired) electrons. The normalized spacial score (nSPS) is 18.9. The highest BCUT2D eigenvalue weighted by Gasteiger charge is 2.26. The van der Waals surface area contributed by atoms with Crippen molar-refractivity contribution in [1.82, 2.24) is 5.32 Å². The van der Waals surface area contributed by atoms with Crippen LogP contribution >= 0.6 is 11.6 Å². The SMILES string of the molecule is CC1NCCc2c(C(=O)OC(C)(C)C)ccc(Cl)c21. The highest BCUT2D eigenvalue weighted by atomic mass is 35.5. The van der Waals surface area contributed by atoms with Gasteiger partial charge in [0.15, 0.2) is 0 Å². The summed E-state index contributed by atoms with van der Waals surface area (Å²) in [6.45, 7) is 8.53. The van der Waals surface area contributed by atoms with E-state index >= 15 is 0 Å². The number of esters is 1. The summed E-state index contributed by atoms with van der Waals surface area (Å²) in [6.07, 6.45) is 0.800. The maximum atomic E-state index is 12.3. The Morgan fingerprint density at radius 1 is 1.42 bits per heavy atom. The minimum absolute atomic E-state index is 0.165. The Morgan fingerprint density at radius 2 is 2.11 bits per heavy atom. The summed E-state index contributed by atoms with van der Waals surface area (Å²) >= 11 is 6.25. The molecular formula is C15H20ClNO2. The van der Waals surface area contributed by atoms with Gasteiger partial charge in [-0.25, -0.2) is 4.79 Å². The number of hydrogen-bond acceptors (Lipinski definition) is 3. The van der Waals surface area contributed by atoms with E-state index in [1.807, 2.05) is 20.8 Å². The van der Waals surface area contributed by atoms with Gasteiger partial charge in [0.25, 0.3) is 0 Å². The van der Waals surface area contributed by atoms with Crippen LogP contribution in [0.2, 0.25) is 5.02 Å². The summed E-state index contributed by atoms with van der Waals surface area (Å²) in [5, 5.41) is 4.07. The molecule has 1 unspecified atom stereocenters. The lowest BCUT2D eigenvalue weighted by atomic mass is 9.91. The maximum absolute atomic E-state index is 12.3. The van der Waals surface area contributed by atoms with Gasteiger partial charge in [-0.05, 0) is 63.9 Å². The third kappa shape index (κ3) is 3.10. The van der Waals surface area contributed by atoms with Crippen molar-refractivity contribution >= 4 is 17.6 Å². The molecule has 0 aromatic heterocycles. The van der Waals surface area contributed by atoms with E-state index in [0.29, 0.717) is 10.6 Å². The summed E-state index contributed by atoms with van der Waals surface area (Å²) < 4.78 is 5.46. The smallest absolute Gasteiger partial charge is 0.338 e. The van der Waals surface area contributed by atoms with Crippen molar-refractivity contribution in [1.29, 1.82) is 0 Å². The predicted octanol–water partition coefficient (Wildman–Crippen LogP) is 3.50. The number of halogens is 1. The lowest BCUT2D eigenvalue weighted by Crippen LogP contribution is -2.31.